The molecule has 0 saturated carbocycles. The number of halogens is 1. The Kier molecular flexibility index (Phi) is 3.14. The minimum Gasteiger partial charge on any atom is -0.364 e. The molecule has 6 nitrogen and oxygen atoms in total. The molecular formula is C16H16FN5O. The van der Waals surface area contributed by atoms with E-state index in [2.05, 4.69) is 20.0 Å². The van der Waals surface area contributed by atoms with Crippen LogP contribution in [0.4, 0.5) is 10.1 Å². The number of aromatic nitrogens is 4. The Hall–Kier alpha value is -2.70. The van der Waals surface area contributed by atoms with E-state index in [0.717, 1.165) is 30.6 Å². The first-order valence-corrected chi connectivity index (χ1v) is 7.56. The number of nitrogens with one attached hydrogen (secondary N) is 1. The fourth-order valence-electron chi connectivity index (χ4n) is 3.14. The molecule has 0 unspecified atom stereocenters. The van der Waals surface area contributed by atoms with Crippen LogP contribution in [-0.4, -0.2) is 26.3 Å². The van der Waals surface area contributed by atoms with Crippen molar-refractivity contribution in [3.05, 3.63) is 52.0 Å². The number of benzene rings is 1. The second-order valence-electron chi connectivity index (χ2n) is 5.82. The van der Waals surface area contributed by atoms with Crippen molar-refractivity contribution in [1.82, 2.24) is 19.7 Å². The molecule has 1 N–H and O–H groups in total. The monoisotopic (exact) mass is 313 g/mol. The van der Waals surface area contributed by atoms with Gasteiger partial charge >= 0.3 is 0 Å². The predicted molar refractivity (Wildman–Crippen MR) is 84.9 cm³/mol. The Labute approximate surface area is 131 Å². The molecule has 0 amide bonds. The van der Waals surface area contributed by atoms with Gasteiger partial charge in [-0.3, -0.25) is 9.48 Å². The number of nitrogens with zero attached hydrogens (tertiary/aromatic N) is 4. The maximum absolute atomic E-state index is 13.4. The number of fused-ring (bicyclic) bond motifs is 2. The number of aryl methyl sites for hydroxylation is 2. The summed E-state index contributed by atoms with van der Waals surface area (Å²) in [5, 5.41) is 4.55. The van der Waals surface area contributed by atoms with Gasteiger partial charge in [-0.05, 0) is 36.6 Å². The second kappa shape index (κ2) is 5.19. The largest absolute Gasteiger partial charge is 0.364 e. The zero-order valence-corrected chi connectivity index (χ0v) is 12.7. The molecule has 1 aromatic carbocycles. The van der Waals surface area contributed by atoms with Gasteiger partial charge in [-0.1, -0.05) is 0 Å². The van der Waals surface area contributed by atoms with Crippen molar-refractivity contribution in [2.75, 3.05) is 11.4 Å². The summed E-state index contributed by atoms with van der Waals surface area (Å²) in [5.74, 6) is 0.372. The summed E-state index contributed by atoms with van der Waals surface area (Å²) in [6, 6.07) is 4.85. The summed E-state index contributed by atoms with van der Waals surface area (Å²) in [6.07, 6.45) is 3.34. The summed E-state index contributed by atoms with van der Waals surface area (Å²) in [4.78, 5) is 21.6. The third-order valence-electron chi connectivity index (χ3n) is 4.25. The lowest BCUT2D eigenvalue weighted by Crippen LogP contribution is -2.30. The minimum absolute atomic E-state index is 0.186. The van der Waals surface area contributed by atoms with Crippen LogP contribution >= 0.6 is 0 Å². The van der Waals surface area contributed by atoms with Crippen molar-refractivity contribution in [2.24, 2.45) is 7.05 Å². The molecule has 7 heteroatoms. The van der Waals surface area contributed by atoms with E-state index in [1.165, 1.54) is 12.3 Å². The maximum Gasteiger partial charge on any atom is 0.262 e. The van der Waals surface area contributed by atoms with E-state index in [-0.39, 0.29) is 11.4 Å². The SMILES string of the molecule is Cn1ncc2c(=O)[nH]c(CN3CCCc4cc(F)ccc43)nc21. The Morgan fingerprint density at radius 3 is 3.13 bits per heavy atom. The van der Waals surface area contributed by atoms with Crippen LogP contribution in [0.5, 0.6) is 0 Å². The first-order chi connectivity index (χ1) is 11.1. The molecule has 1 aliphatic rings. The molecule has 0 saturated heterocycles. The van der Waals surface area contributed by atoms with Gasteiger partial charge in [0.2, 0.25) is 0 Å². The highest BCUT2D eigenvalue weighted by atomic mass is 19.1. The minimum atomic E-state index is -0.214. The average molecular weight is 313 g/mol. The van der Waals surface area contributed by atoms with Crippen molar-refractivity contribution in [3.63, 3.8) is 0 Å². The summed E-state index contributed by atoms with van der Waals surface area (Å²) in [7, 11) is 1.76. The van der Waals surface area contributed by atoms with Crippen LogP contribution in [-0.2, 0) is 20.0 Å². The zero-order chi connectivity index (χ0) is 16.0. The maximum atomic E-state index is 13.4. The zero-order valence-electron chi connectivity index (χ0n) is 12.7. The van der Waals surface area contributed by atoms with Crippen LogP contribution in [0, 0.1) is 5.82 Å². The van der Waals surface area contributed by atoms with Gasteiger partial charge in [-0.2, -0.15) is 5.10 Å². The normalized spacial score (nSPS) is 14.3. The van der Waals surface area contributed by atoms with Crippen molar-refractivity contribution >= 4 is 16.7 Å². The van der Waals surface area contributed by atoms with Gasteiger partial charge in [0, 0.05) is 19.3 Å². The Bertz CT molecular complexity index is 945. The summed E-state index contributed by atoms with van der Waals surface area (Å²) < 4.78 is 15.0. The fourth-order valence-corrected chi connectivity index (χ4v) is 3.14. The lowest BCUT2D eigenvalue weighted by molar-refractivity contribution is 0.616. The van der Waals surface area contributed by atoms with Crippen molar-refractivity contribution < 1.29 is 4.39 Å². The number of hydrogen-bond donors (Lipinski definition) is 1. The van der Waals surface area contributed by atoms with Gasteiger partial charge in [-0.25, -0.2) is 9.37 Å². The predicted octanol–water partition coefficient (Wildman–Crippen LogP) is 1.75. The molecule has 0 bridgehead atoms. The smallest absolute Gasteiger partial charge is 0.262 e. The third kappa shape index (κ3) is 2.38. The molecule has 3 heterocycles. The van der Waals surface area contributed by atoms with E-state index >= 15 is 0 Å². The molecule has 0 atom stereocenters. The fraction of sp³-hybridized carbons (Fsp3) is 0.312. The van der Waals surface area contributed by atoms with Crippen LogP contribution in [0.1, 0.15) is 17.8 Å². The molecule has 23 heavy (non-hydrogen) atoms. The molecule has 0 spiro atoms. The lowest BCUT2D eigenvalue weighted by atomic mass is 10.0. The van der Waals surface area contributed by atoms with E-state index < -0.39 is 0 Å². The summed E-state index contributed by atoms with van der Waals surface area (Å²) in [5.41, 5.74) is 2.39. The van der Waals surface area contributed by atoms with Crippen LogP contribution in [0.3, 0.4) is 0 Å². The summed E-state index contributed by atoms with van der Waals surface area (Å²) in [6.45, 7) is 1.33. The number of aromatic amines is 1. The molecular weight excluding hydrogens is 297 g/mol. The molecule has 1 aliphatic heterocycles. The Morgan fingerprint density at radius 1 is 1.39 bits per heavy atom. The Balaban J connectivity index is 1.72. The van der Waals surface area contributed by atoms with Gasteiger partial charge in [0.05, 0.1) is 12.7 Å². The van der Waals surface area contributed by atoms with E-state index in [1.54, 1.807) is 23.9 Å². The molecule has 0 aliphatic carbocycles. The highest BCUT2D eigenvalue weighted by Crippen LogP contribution is 2.28. The van der Waals surface area contributed by atoms with Gasteiger partial charge < -0.3 is 9.88 Å². The molecule has 0 fully saturated rings. The second-order valence-corrected chi connectivity index (χ2v) is 5.82. The quantitative estimate of drug-likeness (QED) is 0.783. The molecule has 0 radical (unpaired) electrons. The van der Waals surface area contributed by atoms with Crippen molar-refractivity contribution in [3.8, 4) is 0 Å². The highest BCUT2D eigenvalue weighted by molar-refractivity contribution is 5.73. The van der Waals surface area contributed by atoms with E-state index in [9.17, 15) is 9.18 Å². The first kappa shape index (κ1) is 13.9. The molecule has 118 valence electrons. The topological polar surface area (TPSA) is 66.8 Å². The van der Waals surface area contributed by atoms with Crippen molar-refractivity contribution in [2.45, 2.75) is 19.4 Å². The molecule has 4 rings (SSSR count). The standard InChI is InChI=1S/C16H16FN5O/c1-21-15-12(8-18-21)16(23)20-14(19-15)9-22-6-2-3-10-7-11(17)4-5-13(10)22/h4-5,7-8H,2-3,6,9H2,1H3,(H,19,20,23). The summed E-state index contributed by atoms with van der Waals surface area (Å²) >= 11 is 0. The van der Waals surface area contributed by atoms with Crippen LogP contribution in [0.25, 0.3) is 11.0 Å². The van der Waals surface area contributed by atoms with Gasteiger partial charge in [0.25, 0.3) is 5.56 Å². The third-order valence-corrected chi connectivity index (χ3v) is 4.25. The average Bonchev–Trinajstić information content (AvgIpc) is 2.89. The van der Waals surface area contributed by atoms with Gasteiger partial charge in [-0.15, -0.1) is 0 Å². The van der Waals surface area contributed by atoms with Crippen LogP contribution in [0.15, 0.2) is 29.2 Å². The lowest BCUT2D eigenvalue weighted by Gasteiger charge is -2.30. The van der Waals surface area contributed by atoms with E-state index in [4.69, 9.17) is 0 Å². The number of rotatable bonds is 2. The number of H-pyrrole nitrogens is 1. The first-order valence-electron chi connectivity index (χ1n) is 7.56. The van der Waals surface area contributed by atoms with E-state index in [1.807, 2.05) is 0 Å². The molecule has 3 aromatic rings. The number of hydrogen-bond acceptors (Lipinski definition) is 4. The van der Waals surface area contributed by atoms with Gasteiger partial charge in [0.15, 0.2) is 5.65 Å². The van der Waals surface area contributed by atoms with E-state index in [0.29, 0.717) is 23.4 Å². The van der Waals surface area contributed by atoms with Crippen LogP contribution in [0.2, 0.25) is 0 Å². The number of anilines is 1. The van der Waals surface area contributed by atoms with Crippen molar-refractivity contribution in [1.29, 1.82) is 0 Å². The Morgan fingerprint density at radius 2 is 2.26 bits per heavy atom. The van der Waals surface area contributed by atoms with Gasteiger partial charge in [0.1, 0.15) is 17.0 Å². The van der Waals surface area contributed by atoms with Crippen LogP contribution < -0.4 is 10.5 Å². The molecule has 2 aromatic heterocycles. The highest BCUT2D eigenvalue weighted by Gasteiger charge is 2.19.